The van der Waals surface area contributed by atoms with Gasteiger partial charge in [-0.1, -0.05) is 26.2 Å². The van der Waals surface area contributed by atoms with Gasteiger partial charge in [-0.3, -0.25) is 4.68 Å². The maximum Gasteiger partial charge on any atom is 0.0641 e. The van der Waals surface area contributed by atoms with E-state index in [1.165, 1.54) is 37.7 Å². The Balaban J connectivity index is 2.01. The Hall–Kier alpha value is -0.830. The first-order valence-electron chi connectivity index (χ1n) is 7.38. The Labute approximate surface area is 111 Å². The molecule has 0 aromatic carbocycles. The second-order valence-electron chi connectivity index (χ2n) is 5.79. The van der Waals surface area contributed by atoms with Gasteiger partial charge in [0.2, 0.25) is 0 Å². The van der Waals surface area contributed by atoms with E-state index >= 15 is 0 Å². The molecule has 1 aliphatic rings. The summed E-state index contributed by atoms with van der Waals surface area (Å²) in [5.41, 5.74) is 2.50. The summed E-state index contributed by atoms with van der Waals surface area (Å²) in [6.45, 7) is 6.70. The summed E-state index contributed by atoms with van der Waals surface area (Å²) in [7, 11) is 2.00. The van der Waals surface area contributed by atoms with Gasteiger partial charge in [-0.2, -0.15) is 5.10 Å². The Morgan fingerprint density at radius 1 is 1.44 bits per heavy atom. The molecule has 1 aliphatic carbocycles. The minimum Gasteiger partial charge on any atom is -0.307 e. The van der Waals surface area contributed by atoms with Gasteiger partial charge in [0.15, 0.2) is 0 Å². The highest BCUT2D eigenvalue weighted by Crippen LogP contribution is 2.29. The van der Waals surface area contributed by atoms with E-state index in [4.69, 9.17) is 0 Å². The SMILES string of the molecule is CCC1CCCCC1NC(C)c1cn(C)nc1C. The molecule has 3 heteroatoms. The standard InChI is InChI=1S/C15H27N3/c1-5-13-8-6-7-9-15(13)16-11(2)14-10-18(4)17-12(14)3/h10-11,13,15-16H,5-9H2,1-4H3. The zero-order chi connectivity index (χ0) is 13.1. The van der Waals surface area contributed by atoms with Crippen molar-refractivity contribution in [2.24, 2.45) is 13.0 Å². The van der Waals surface area contributed by atoms with Crippen LogP contribution in [0.1, 0.15) is 63.3 Å². The van der Waals surface area contributed by atoms with E-state index < -0.39 is 0 Å². The third kappa shape index (κ3) is 2.94. The van der Waals surface area contributed by atoms with Gasteiger partial charge in [-0.15, -0.1) is 0 Å². The second-order valence-corrected chi connectivity index (χ2v) is 5.79. The molecule has 18 heavy (non-hydrogen) atoms. The van der Waals surface area contributed by atoms with E-state index in [0.29, 0.717) is 12.1 Å². The van der Waals surface area contributed by atoms with Crippen molar-refractivity contribution in [2.75, 3.05) is 0 Å². The molecule has 0 amide bonds. The highest BCUT2D eigenvalue weighted by Gasteiger charge is 2.25. The van der Waals surface area contributed by atoms with Crippen LogP contribution in [-0.2, 0) is 7.05 Å². The molecule has 102 valence electrons. The Morgan fingerprint density at radius 2 is 2.17 bits per heavy atom. The lowest BCUT2D eigenvalue weighted by molar-refractivity contribution is 0.240. The molecule has 1 saturated carbocycles. The summed E-state index contributed by atoms with van der Waals surface area (Å²) in [6, 6.07) is 1.11. The van der Waals surface area contributed by atoms with Crippen LogP contribution < -0.4 is 5.32 Å². The van der Waals surface area contributed by atoms with Crippen LogP contribution in [0.3, 0.4) is 0 Å². The van der Waals surface area contributed by atoms with E-state index in [0.717, 1.165) is 11.6 Å². The highest BCUT2D eigenvalue weighted by molar-refractivity contribution is 5.19. The molecular formula is C15H27N3. The van der Waals surface area contributed by atoms with Crippen molar-refractivity contribution in [3.8, 4) is 0 Å². The van der Waals surface area contributed by atoms with Gasteiger partial charge in [0.1, 0.15) is 0 Å². The average Bonchev–Trinajstić information content (AvgIpc) is 2.69. The Bertz CT molecular complexity index is 383. The lowest BCUT2D eigenvalue weighted by atomic mass is 9.82. The minimum absolute atomic E-state index is 0.413. The third-order valence-corrected chi connectivity index (χ3v) is 4.42. The maximum absolute atomic E-state index is 4.44. The van der Waals surface area contributed by atoms with E-state index in [1.807, 2.05) is 11.7 Å². The van der Waals surface area contributed by atoms with Crippen LogP contribution in [0, 0.1) is 12.8 Å². The molecule has 1 heterocycles. The number of aryl methyl sites for hydroxylation is 2. The van der Waals surface area contributed by atoms with Gasteiger partial charge >= 0.3 is 0 Å². The van der Waals surface area contributed by atoms with Gasteiger partial charge in [0, 0.05) is 30.9 Å². The molecule has 0 spiro atoms. The topological polar surface area (TPSA) is 29.9 Å². The van der Waals surface area contributed by atoms with Gasteiger partial charge in [0.05, 0.1) is 5.69 Å². The molecule has 0 aliphatic heterocycles. The van der Waals surface area contributed by atoms with Crippen molar-refractivity contribution in [1.82, 2.24) is 15.1 Å². The molecule has 1 N–H and O–H groups in total. The number of nitrogens with zero attached hydrogens (tertiary/aromatic N) is 2. The molecule has 3 atom stereocenters. The predicted octanol–water partition coefficient (Wildman–Crippen LogP) is 3.35. The van der Waals surface area contributed by atoms with Crippen molar-refractivity contribution in [2.45, 2.75) is 65.0 Å². The maximum atomic E-state index is 4.44. The molecule has 0 bridgehead atoms. The van der Waals surface area contributed by atoms with Crippen molar-refractivity contribution in [1.29, 1.82) is 0 Å². The number of hydrogen-bond donors (Lipinski definition) is 1. The Morgan fingerprint density at radius 3 is 2.78 bits per heavy atom. The molecule has 1 aromatic rings. The summed E-state index contributed by atoms with van der Waals surface area (Å²) < 4.78 is 1.92. The molecule has 1 aromatic heterocycles. The number of rotatable bonds is 4. The van der Waals surface area contributed by atoms with E-state index in [9.17, 15) is 0 Å². The van der Waals surface area contributed by atoms with Crippen molar-refractivity contribution < 1.29 is 0 Å². The van der Waals surface area contributed by atoms with Crippen molar-refractivity contribution in [3.63, 3.8) is 0 Å². The summed E-state index contributed by atoms with van der Waals surface area (Å²) in [6.07, 6.45) is 8.98. The number of aromatic nitrogens is 2. The molecule has 0 saturated heterocycles. The second kappa shape index (κ2) is 5.87. The van der Waals surface area contributed by atoms with Crippen LogP contribution >= 0.6 is 0 Å². The van der Waals surface area contributed by atoms with Gasteiger partial charge < -0.3 is 5.32 Å². The zero-order valence-corrected chi connectivity index (χ0v) is 12.2. The largest absolute Gasteiger partial charge is 0.307 e. The summed E-state index contributed by atoms with van der Waals surface area (Å²) in [4.78, 5) is 0. The molecule has 0 radical (unpaired) electrons. The van der Waals surface area contributed by atoms with Crippen LogP contribution in [0.4, 0.5) is 0 Å². The van der Waals surface area contributed by atoms with Gasteiger partial charge in [-0.25, -0.2) is 0 Å². The van der Waals surface area contributed by atoms with E-state index in [1.54, 1.807) is 0 Å². The van der Waals surface area contributed by atoms with Crippen LogP contribution in [0.25, 0.3) is 0 Å². The fourth-order valence-corrected chi connectivity index (χ4v) is 3.37. The molecule has 3 nitrogen and oxygen atoms in total. The predicted molar refractivity (Wildman–Crippen MR) is 75.5 cm³/mol. The first kappa shape index (κ1) is 13.6. The Kier molecular flexibility index (Phi) is 4.44. The summed E-state index contributed by atoms with van der Waals surface area (Å²) in [5, 5.41) is 8.28. The van der Waals surface area contributed by atoms with Crippen LogP contribution in [-0.4, -0.2) is 15.8 Å². The lowest BCUT2D eigenvalue weighted by Crippen LogP contribution is -2.39. The number of hydrogen-bond acceptors (Lipinski definition) is 2. The van der Waals surface area contributed by atoms with Crippen molar-refractivity contribution in [3.05, 3.63) is 17.5 Å². The fourth-order valence-electron chi connectivity index (χ4n) is 3.37. The quantitative estimate of drug-likeness (QED) is 0.887. The van der Waals surface area contributed by atoms with E-state index in [-0.39, 0.29) is 0 Å². The molecule has 1 fully saturated rings. The smallest absolute Gasteiger partial charge is 0.0641 e. The fraction of sp³-hybridized carbons (Fsp3) is 0.800. The molecular weight excluding hydrogens is 222 g/mol. The zero-order valence-electron chi connectivity index (χ0n) is 12.2. The van der Waals surface area contributed by atoms with E-state index in [2.05, 4.69) is 37.4 Å². The molecule has 3 unspecified atom stereocenters. The molecule has 2 rings (SSSR count). The van der Waals surface area contributed by atoms with Crippen LogP contribution in [0.15, 0.2) is 6.20 Å². The van der Waals surface area contributed by atoms with Crippen LogP contribution in [0.2, 0.25) is 0 Å². The first-order valence-corrected chi connectivity index (χ1v) is 7.38. The monoisotopic (exact) mass is 249 g/mol. The van der Waals surface area contributed by atoms with Crippen molar-refractivity contribution >= 4 is 0 Å². The summed E-state index contributed by atoms with van der Waals surface area (Å²) in [5.74, 6) is 0.859. The van der Waals surface area contributed by atoms with Gasteiger partial charge in [-0.05, 0) is 32.6 Å². The third-order valence-electron chi connectivity index (χ3n) is 4.42. The van der Waals surface area contributed by atoms with Gasteiger partial charge in [0.25, 0.3) is 0 Å². The summed E-state index contributed by atoms with van der Waals surface area (Å²) >= 11 is 0. The lowest BCUT2D eigenvalue weighted by Gasteiger charge is -2.34. The average molecular weight is 249 g/mol. The minimum atomic E-state index is 0.413. The first-order chi connectivity index (χ1) is 8.61. The van der Waals surface area contributed by atoms with Crippen LogP contribution in [0.5, 0.6) is 0 Å². The number of nitrogens with one attached hydrogen (secondary N) is 1. The highest BCUT2D eigenvalue weighted by atomic mass is 15.3. The normalized spacial score (nSPS) is 26.2.